The van der Waals surface area contributed by atoms with Crippen molar-refractivity contribution in [1.29, 1.82) is 0 Å². The molecule has 0 fully saturated rings. The normalized spacial score (nSPS) is 20.5. The van der Waals surface area contributed by atoms with Crippen molar-refractivity contribution in [2.24, 2.45) is 0 Å². The van der Waals surface area contributed by atoms with Gasteiger partial charge in [0.05, 0.1) is 17.9 Å². The van der Waals surface area contributed by atoms with E-state index in [-0.39, 0.29) is 17.7 Å². The van der Waals surface area contributed by atoms with Gasteiger partial charge in [0.25, 0.3) is 5.56 Å². The summed E-state index contributed by atoms with van der Waals surface area (Å²) in [7, 11) is 0. The molecule has 0 amide bonds. The van der Waals surface area contributed by atoms with Gasteiger partial charge in [0.15, 0.2) is 0 Å². The first-order chi connectivity index (χ1) is 14.2. The molecule has 29 heavy (non-hydrogen) atoms. The first-order valence-corrected chi connectivity index (χ1v) is 10.1. The molecule has 148 valence electrons. The van der Waals surface area contributed by atoms with Gasteiger partial charge < -0.3 is 9.64 Å². The zero-order valence-electron chi connectivity index (χ0n) is 16.4. The second-order valence-corrected chi connectivity index (χ2v) is 7.70. The van der Waals surface area contributed by atoms with Gasteiger partial charge in [-0.1, -0.05) is 18.2 Å². The maximum absolute atomic E-state index is 12.8. The lowest BCUT2D eigenvalue weighted by Gasteiger charge is -2.39. The van der Waals surface area contributed by atoms with Gasteiger partial charge in [0.1, 0.15) is 18.2 Å². The van der Waals surface area contributed by atoms with Crippen molar-refractivity contribution < 1.29 is 4.74 Å². The first kappa shape index (κ1) is 17.8. The maximum atomic E-state index is 12.8. The predicted molar refractivity (Wildman–Crippen MR) is 110 cm³/mol. The highest BCUT2D eigenvalue weighted by Crippen LogP contribution is 2.30. The minimum absolute atomic E-state index is 0.0459. The molecule has 5 rings (SSSR count). The predicted octanol–water partition coefficient (Wildman–Crippen LogP) is 2.69. The van der Waals surface area contributed by atoms with Crippen LogP contribution >= 0.6 is 0 Å². The number of hydrogen-bond donors (Lipinski definition) is 0. The van der Waals surface area contributed by atoms with E-state index >= 15 is 0 Å². The number of aromatic nitrogens is 4. The molecule has 0 saturated heterocycles. The summed E-state index contributed by atoms with van der Waals surface area (Å²) in [5.74, 6) is 1.67. The van der Waals surface area contributed by atoms with Crippen molar-refractivity contribution in [2.75, 3.05) is 11.4 Å². The van der Waals surface area contributed by atoms with Gasteiger partial charge in [-0.25, -0.2) is 15.0 Å². The van der Waals surface area contributed by atoms with Crippen LogP contribution in [0.3, 0.4) is 0 Å². The highest BCUT2D eigenvalue weighted by Gasteiger charge is 2.30. The van der Waals surface area contributed by atoms with Crippen molar-refractivity contribution in [2.45, 2.75) is 44.9 Å². The molecule has 0 N–H and O–H groups in total. The van der Waals surface area contributed by atoms with E-state index in [0.717, 1.165) is 25.0 Å². The summed E-state index contributed by atoms with van der Waals surface area (Å²) in [5, 5.41) is 0. The number of aryl methyl sites for hydroxylation is 1. The second-order valence-electron chi connectivity index (χ2n) is 7.70. The van der Waals surface area contributed by atoms with Gasteiger partial charge in [-0.15, -0.1) is 0 Å². The smallest absolute Gasteiger partial charge is 0.255 e. The Bertz CT molecular complexity index is 1080. The van der Waals surface area contributed by atoms with Crippen LogP contribution in [0.4, 0.5) is 5.95 Å². The second kappa shape index (κ2) is 7.31. The number of para-hydroxylation sites is 1. The van der Waals surface area contributed by atoms with Gasteiger partial charge in [0.2, 0.25) is 5.95 Å². The summed E-state index contributed by atoms with van der Waals surface area (Å²) < 4.78 is 8.03. The largest absolute Gasteiger partial charge is 0.488 e. The Morgan fingerprint density at radius 2 is 2.07 bits per heavy atom. The lowest BCUT2D eigenvalue weighted by Crippen LogP contribution is -2.48. The minimum Gasteiger partial charge on any atom is -0.488 e. The van der Waals surface area contributed by atoms with Crippen LogP contribution in [0, 0.1) is 0 Å². The first-order valence-electron chi connectivity index (χ1n) is 10.1. The number of hydrogen-bond acceptors (Lipinski definition) is 6. The molecule has 3 aromatic rings. The lowest BCUT2D eigenvalue weighted by atomic mass is 10.0. The van der Waals surface area contributed by atoms with E-state index in [9.17, 15) is 4.79 Å². The lowest BCUT2D eigenvalue weighted by molar-refractivity contribution is 0.173. The van der Waals surface area contributed by atoms with Crippen molar-refractivity contribution >= 4 is 5.95 Å². The summed E-state index contributed by atoms with van der Waals surface area (Å²) in [6.07, 6.45) is 6.07. The summed E-state index contributed by atoms with van der Waals surface area (Å²) >= 11 is 0. The topological polar surface area (TPSA) is 73.1 Å². The van der Waals surface area contributed by atoms with E-state index in [2.05, 4.69) is 33.9 Å². The van der Waals surface area contributed by atoms with Gasteiger partial charge >= 0.3 is 0 Å². The van der Waals surface area contributed by atoms with Crippen molar-refractivity contribution in [3.8, 4) is 17.1 Å². The monoisotopic (exact) mass is 389 g/mol. The molecule has 7 heteroatoms. The third kappa shape index (κ3) is 3.37. The Kier molecular flexibility index (Phi) is 4.50. The van der Waals surface area contributed by atoms with E-state index < -0.39 is 0 Å². The van der Waals surface area contributed by atoms with Crippen LogP contribution in [0.1, 0.15) is 25.3 Å². The molecule has 0 aliphatic carbocycles. The fourth-order valence-corrected chi connectivity index (χ4v) is 4.16. The van der Waals surface area contributed by atoms with Crippen LogP contribution in [0.5, 0.6) is 5.75 Å². The molecule has 2 aromatic heterocycles. The zero-order chi connectivity index (χ0) is 19.8. The maximum Gasteiger partial charge on any atom is 0.255 e. The zero-order valence-corrected chi connectivity index (χ0v) is 16.4. The number of ether oxygens (including phenoxy) is 1. The molecule has 0 saturated carbocycles. The molecular weight excluding hydrogens is 366 g/mol. The Morgan fingerprint density at radius 3 is 2.93 bits per heavy atom. The molecule has 2 aliphatic rings. The number of nitrogens with zero attached hydrogens (tertiary/aromatic N) is 5. The summed E-state index contributed by atoms with van der Waals surface area (Å²) in [6, 6.07) is 11.8. The highest BCUT2D eigenvalue weighted by molar-refractivity contribution is 5.55. The number of fused-ring (bicyclic) bond motifs is 2. The molecular formula is C22H23N5O2. The van der Waals surface area contributed by atoms with Crippen LogP contribution in [0.2, 0.25) is 0 Å². The molecule has 0 radical (unpaired) electrons. The van der Waals surface area contributed by atoms with Gasteiger partial charge in [-0.2, -0.15) is 0 Å². The Hall–Kier alpha value is -3.22. The number of rotatable bonds is 3. The highest BCUT2D eigenvalue weighted by atomic mass is 16.5. The third-order valence-corrected chi connectivity index (χ3v) is 5.79. The Morgan fingerprint density at radius 1 is 1.17 bits per heavy atom. The molecule has 1 aromatic carbocycles. The Balaban J connectivity index is 1.47. The average Bonchev–Trinajstić information content (AvgIpc) is 2.76. The molecule has 0 spiro atoms. The van der Waals surface area contributed by atoms with Crippen molar-refractivity contribution in [1.82, 2.24) is 19.5 Å². The van der Waals surface area contributed by atoms with E-state index in [1.54, 1.807) is 22.9 Å². The third-order valence-electron chi connectivity index (χ3n) is 5.79. The Labute approximate surface area is 169 Å². The van der Waals surface area contributed by atoms with E-state index in [0.29, 0.717) is 30.4 Å². The van der Waals surface area contributed by atoms with Crippen LogP contribution < -0.4 is 15.2 Å². The summed E-state index contributed by atoms with van der Waals surface area (Å²) in [6.45, 7) is 3.57. The van der Waals surface area contributed by atoms with Gasteiger partial charge in [-0.05, 0) is 43.9 Å². The molecule has 2 atom stereocenters. The van der Waals surface area contributed by atoms with E-state index in [1.807, 2.05) is 12.1 Å². The van der Waals surface area contributed by atoms with Crippen LogP contribution in [-0.2, 0) is 13.0 Å². The van der Waals surface area contributed by atoms with Crippen LogP contribution in [0.25, 0.3) is 11.4 Å². The summed E-state index contributed by atoms with van der Waals surface area (Å²) in [5.41, 5.74) is 2.45. The van der Waals surface area contributed by atoms with Crippen LogP contribution in [0.15, 0.2) is 53.7 Å². The minimum atomic E-state index is -0.0459. The van der Waals surface area contributed by atoms with Gasteiger partial charge in [-0.3, -0.25) is 9.36 Å². The van der Waals surface area contributed by atoms with Crippen LogP contribution in [-0.4, -0.2) is 38.2 Å². The number of benzene rings is 1. The van der Waals surface area contributed by atoms with Gasteiger partial charge in [0, 0.05) is 24.8 Å². The molecule has 0 bridgehead atoms. The van der Waals surface area contributed by atoms with E-state index in [1.165, 1.54) is 11.9 Å². The fraction of sp³-hybridized carbons (Fsp3) is 0.364. The summed E-state index contributed by atoms with van der Waals surface area (Å²) in [4.78, 5) is 28.0. The number of anilines is 1. The molecule has 4 heterocycles. The molecule has 7 nitrogen and oxygen atoms in total. The van der Waals surface area contributed by atoms with Crippen molar-refractivity contribution in [3.05, 3.63) is 64.8 Å². The molecule has 2 unspecified atom stereocenters. The molecule has 2 aliphatic heterocycles. The quantitative estimate of drug-likeness (QED) is 0.686. The average molecular weight is 389 g/mol. The van der Waals surface area contributed by atoms with E-state index in [4.69, 9.17) is 9.72 Å². The standard InChI is InChI=1S/C22H23N5O2/c1-15-9-11-26-21(28)12-19(18-8-10-23-14-24-18)25-22(26)27(15)13-17-7-6-16-4-2-3-5-20(16)29-17/h2-5,8,10,12,14-15,17H,6-7,9,11,13H2,1H3. The SMILES string of the molecule is CC1CCn2c(nc(-c3ccncn3)cc2=O)N1CC1CCc2ccccc2O1. The fourth-order valence-electron chi connectivity index (χ4n) is 4.16. The van der Waals surface area contributed by atoms with Crippen molar-refractivity contribution in [3.63, 3.8) is 0 Å².